The summed E-state index contributed by atoms with van der Waals surface area (Å²) >= 11 is 0. The average molecular weight is 397 g/mol. The fraction of sp³-hybridized carbons (Fsp3) is 0.364. The Morgan fingerprint density at radius 2 is 1.86 bits per heavy atom. The van der Waals surface area contributed by atoms with Gasteiger partial charge in [-0.15, -0.1) is 0 Å². The number of ether oxygens (including phenoxy) is 5. The molecule has 4 rings (SSSR count). The van der Waals surface area contributed by atoms with Crippen LogP contribution in [0.2, 0.25) is 0 Å². The quantitative estimate of drug-likeness (QED) is 0.697. The second-order valence-corrected chi connectivity index (χ2v) is 6.74. The van der Waals surface area contributed by atoms with E-state index in [2.05, 4.69) is 0 Å². The lowest BCUT2D eigenvalue weighted by Gasteiger charge is -2.21. The smallest absolute Gasteiger partial charge is 0.315 e. The summed E-state index contributed by atoms with van der Waals surface area (Å²) in [5.41, 5.74) is 2.46. The second-order valence-electron chi connectivity index (χ2n) is 6.74. The third kappa shape index (κ3) is 3.48. The molecule has 2 aliphatic heterocycles. The number of hydrogen-bond donors (Lipinski definition) is 0. The van der Waals surface area contributed by atoms with Gasteiger partial charge in [0.25, 0.3) is 0 Å². The molecule has 0 amide bonds. The SMILES string of the molecule is CCOC(=O)C1C(c2ccc(OC)c(OC)c2)=NCC1c1ccc2c(c1)OCO2. The number of aliphatic imine (C=N–C) groups is 1. The molecule has 0 spiro atoms. The van der Waals surface area contributed by atoms with E-state index in [1.54, 1.807) is 21.1 Å². The number of nitrogens with zero attached hydrogens (tertiary/aromatic N) is 1. The van der Waals surface area contributed by atoms with Gasteiger partial charge in [-0.05, 0) is 42.8 Å². The Hall–Kier alpha value is -3.22. The molecule has 0 fully saturated rings. The van der Waals surface area contributed by atoms with Gasteiger partial charge in [0, 0.05) is 18.0 Å². The molecule has 0 radical (unpaired) electrons. The molecular formula is C22H23NO6. The van der Waals surface area contributed by atoms with E-state index in [9.17, 15) is 4.79 Å². The van der Waals surface area contributed by atoms with E-state index in [1.165, 1.54) is 0 Å². The zero-order chi connectivity index (χ0) is 20.4. The summed E-state index contributed by atoms with van der Waals surface area (Å²) in [4.78, 5) is 17.6. The molecule has 29 heavy (non-hydrogen) atoms. The predicted octanol–water partition coefficient (Wildman–Crippen LogP) is 3.20. The molecule has 0 saturated carbocycles. The summed E-state index contributed by atoms with van der Waals surface area (Å²) in [6.45, 7) is 2.79. The fourth-order valence-electron chi connectivity index (χ4n) is 3.81. The normalized spacial score (nSPS) is 19.6. The molecule has 2 aliphatic rings. The van der Waals surface area contributed by atoms with Crippen LogP contribution < -0.4 is 18.9 Å². The maximum Gasteiger partial charge on any atom is 0.315 e. The van der Waals surface area contributed by atoms with Crippen LogP contribution in [0.3, 0.4) is 0 Å². The molecule has 7 heteroatoms. The largest absolute Gasteiger partial charge is 0.493 e. The summed E-state index contributed by atoms with van der Waals surface area (Å²) in [6, 6.07) is 11.3. The fourth-order valence-corrected chi connectivity index (χ4v) is 3.81. The Morgan fingerprint density at radius 3 is 2.62 bits per heavy atom. The van der Waals surface area contributed by atoms with Gasteiger partial charge in [0.15, 0.2) is 23.0 Å². The average Bonchev–Trinajstić information content (AvgIpc) is 3.39. The molecule has 0 N–H and O–H groups in total. The molecule has 0 saturated heterocycles. The predicted molar refractivity (Wildman–Crippen MR) is 106 cm³/mol. The minimum Gasteiger partial charge on any atom is -0.493 e. The molecule has 0 aromatic heterocycles. The molecule has 2 heterocycles. The van der Waals surface area contributed by atoms with E-state index in [0.29, 0.717) is 41.9 Å². The van der Waals surface area contributed by atoms with Gasteiger partial charge in [-0.1, -0.05) is 6.07 Å². The van der Waals surface area contributed by atoms with Crippen molar-refractivity contribution in [2.75, 3.05) is 34.2 Å². The number of methoxy groups -OCH3 is 2. The van der Waals surface area contributed by atoms with Gasteiger partial charge in [0.05, 0.1) is 26.5 Å². The summed E-state index contributed by atoms with van der Waals surface area (Å²) in [5, 5.41) is 0. The third-order valence-corrected chi connectivity index (χ3v) is 5.20. The molecule has 2 atom stereocenters. The lowest BCUT2D eigenvalue weighted by Crippen LogP contribution is -2.29. The molecule has 2 aromatic carbocycles. The van der Waals surface area contributed by atoms with Gasteiger partial charge in [0.2, 0.25) is 6.79 Å². The van der Waals surface area contributed by atoms with Crippen molar-refractivity contribution in [1.82, 2.24) is 0 Å². The number of carbonyl (C=O) groups is 1. The lowest BCUT2D eigenvalue weighted by molar-refractivity contribution is -0.145. The first-order chi connectivity index (χ1) is 14.2. The Labute approximate surface area is 169 Å². The maximum atomic E-state index is 12.9. The van der Waals surface area contributed by atoms with Crippen molar-refractivity contribution in [3.05, 3.63) is 47.5 Å². The Bertz CT molecular complexity index is 954. The maximum absolute atomic E-state index is 12.9. The van der Waals surface area contributed by atoms with Gasteiger partial charge in [-0.25, -0.2) is 0 Å². The van der Waals surface area contributed by atoms with E-state index < -0.39 is 5.92 Å². The zero-order valence-electron chi connectivity index (χ0n) is 16.6. The molecule has 7 nitrogen and oxygen atoms in total. The van der Waals surface area contributed by atoms with Crippen LogP contribution in [0.5, 0.6) is 23.0 Å². The van der Waals surface area contributed by atoms with Crippen LogP contribution in [-0.4, -0.2) is 45.8 Å². The molecule has 0 bridgehead atoms. The van der Waals surface area contributed by atoms with Gasteiger partial charge in [-0.2, -0.15) is 0 Å². The topological polar surface area (TPSA) is 75.6 Å². The van der Waals surface area contributed by atoms with Gasteiger partial charge < -0.3 is 23.7 Å². The van der Waals surface area contributed by atoms with Gasteiger partial charge >= 0.3 is 5.97 Å². The molecular weight excluding hydrogens is 374 g/mol. The standard InChI is InChI=1S/C22H23NO6/c1-4-27-22(24)20-15(13-5-8-17-19(9-13)29-12-28-17)11-23-21(20)14-6-7-16(25-2)18(10-14)26-3/h5-10,15,20H,4,11-12H2,1-3H3. The molecule has 2 aromatic rings. The molecule has 2 unspecified atom stereocenters. The monoisotopic (exact) mass is 397 g/mol. The van der Waals surface area contributed by atoms with E-state index in [0.717, 1.165) is 11.1 Å². The van der Waals surface area contributed by atoms with Gasteiger partial charge in [-0.3, -0.25) is 9.79 Å². The van der Waals surface area contributed by atoms with E-state index in [4.69, 9.17) is 28.7 Å². The lowest BCUT2D eigenvalue weighted by atomic mass is 9.83. The Morgan fingerprint density at radius 1 is 1.07 bits per heavy atom. The van der Waals surface area contributed by atoms with Crippen molar-refractivity contribution in [1.29, 1.82) is 0 Å². The van der Waals surface area contributed by atoms with Crippen molar-refractivity contribution in [2.24, 2.45) is 10.9 Å². The third-order valence-electron chi connectivity index (χ3n) is 5.20. The Kier molecular flexibility index (Phi) is 5.29. The van der Waals surface area contributed by atoms with Crippen LogP contribution >= 0.6 is 0 Å². The van der Waals surface area contributed by atoms with Gasteiger partial charge in [0.1, 0.15) is 5.92 Å². The van der Waals surface area contributed by atoms with Crippen molar-refractivity contribution >= 4 is 11.7 Å². The first kappa shape index (κ1) is 19.1. The van der Waals surface area contributed by atoms with Crippen molar-refractivity contribution in [3.63, 3.8) is 0 Å². The van der Waals surface area contributed by atoms with Crippen LogP contribution in [0, 0.1) is 5.92 Å². The second kappa shape index (κ2) is 8.03. The zero-order valence-corrected chi connectivity index (χ0v) is 16.6. The number of benzene rings is 2. The highest BCUT2D eigenvalue weighted by molar-refractivity contribution is 6.14. The van der Waals surface area contributed by atoms with Crippen LogP contribution in [0.4, 0.5) is 0 Å². The summed E-state index contributed by atoms with van der Waals surface area (Å²) in [6.07, 6.45) is 0. The number of esters is 1. The highest BCUT2D eigenvalue weighted by Crippen LogP contribution is 2.41. The van der Waals surface area contributed by atoms with E-state index >= 15 is 0 Å². The number of hydrogen-bond acceptors (Lipinski definition) is 7. The Balaban J connectivity index is 1.70. The number of fused-ring (bicyclic) bond motifs is 1. The summed E-state index contributed by atoms with van der Waals surface area (Å²) < 4.78 is 27.0. The minimum atomic E-state index is -0.520. The highest BCUT2D eigenvalue weighted by atomic mass is 16.7. The number of rotatable bonds is 6. The van der Waals surface area contributed by atoms with Crippen LogP contribution in [0.25, 0.3) is 0 Å². The highest BCUT2D eigenvalue weighted by Gasteiger charge is 2.40. The van der Waals surface area contributed by atoms with Crippen molar-refractivity contribution < 1.29 is 28.5 Å². The van der Waals surface area contributed by atoms with E-state index in [-0.39, 0.29) is 18.7 Å². The first-order valence-electron chi connectivity index (χ1n) is 9.49. The summed E-state index contributed by atoms with van der Waals surface area (Å²) in [7, 11) is 3.16. The number of carbonyl (C=O) groups excluding carboxylic acids is 1. The van der Waals surface area contributed by atoms with Crippen LogP contribution in [0.1, 0.15) is 24.0 Å². The minimum absolute atomic E-state index is 0.147. The van der Waals surface area contributed by atoms with E-state index in [1.807, 2.05) is 36.4 Å². The molecule has 0 aliphatic carbocycles. The molecule has 152 valence electrons. The summed E-state index contributed by atoms with van der Waals surface area (Å²) in [5.74, 6) is 1.64. The van der Waals surface area contributed by atoms with Crippen LogP contribution in [-0.2, 0) is 9.53 Å². The van der Waals surface area contributed by atoms with Crippen molar-refractivity contribution in [2.45, 2.75) is 12.8 Å². The van der Waals surface area contributed by atoms with Crippen molar-refractivity contribution in [3.8, 4) is 23.0 Å². The van der Waals surface area contributed by atoms with Crippen LogP contribution in [0.15, 0.2) is 41.4 Å². The first-order valence-corrected chi connectivity index (χ1v) is 9.49.